The van der Waals surface area contributed by atoms with Crippen LogP contribution in [0.2, 0.25) is 0 Å². The lowest BCUT2D eigenvalue weighted by molar-refractivity contribution is 0.00471. The van der Waals surface area contributed by atoms with E-state index in [9.17, 15) is 15.0 Å². The molecular formula is C54H52N6O5S2. The highest BCUT2D eigenvalue weighted by Gasteiger charge is 2.46. The Bertz CT molecular complexity index is 3040. The van der Waals surface area contributed by atoms with Crippen LogP contribution in [0.1, 0.15) is 102 Å². The molecular weight excluding hydrogens is 877 g/mol. The zero-order valence-electron chi connectivity index (χ0n) is 37.7. The first kappa shape index (κ1) is 43.4. The second-order valence-corrected chi connectivity index (χ2v) is 21.0. The molecule has 1 saturated carbocycles. The molecule has 4 atom stereocenters. The van der Waals surface area contributed by atoms with E-state index in [4.69, 9.17) is 9.15 Å². The number of likely N-dealkylation sites (tertiary alicyclic amines) is 1. The number of nitrogens with one attached hydrogen (secondary N) is 1. The Kier molecular flexibility index (Phi) is 11.5. The topological polar surface area (TPSA) is 139 Å². The molecule has 0 bridgehead atoms. The van der Waals surface area contributed by atoms with Crippen molar-refractivity contribution in [3.05, 3.63) is 154 Å². The highest BCUT2D eigenvalue weighted by atomic mass is 32.2. The fourth-order valence-electron chi connectivity index (χ4n) is 10.7. The molecule has 0 radical (unpaired) electrons. The minimum Gasteiger partial charge on any atom is -0.508 e. The molecule has 11 rings (SSSR count). The SMILES string of the molecule is CC1=C(C)C2C(c3ccc(C#CC4CC5(CCN(CCOc6ccc(C(=O)c7c(-c8ccc(O)cc8)sc8cc(O)ccc78)cc6)CC5)C4)cc3)N[C@@H](Cc3ncco3)c3nnc(C)n3C2S1. The van der Waals surface area contributed by atoms with Crippen molar-refractivity contribution in [2.24, 2.45) is 17.3 Å². The average Bonchev–Trinajstić information content (AvgIpc) is 4.12. The molecule has 3 aliphatic heterocycles. The van der Waals surface area contributed by atoms with Gasteiger partial charge in [0.1, 0.15) is 35.9 Å². The number of phenols is 2. The second kappa shape index (κ2) is 17.8. The van der Waals surface area contributed by atoms with Gasteiger partial charge >= 0.3 is 0 Å². The molecule has 6 heterocycles. The van der Waals surface area contributed by atoms with E-state index in [0.29, 0.717) is 41.4 Å². The number of thiophene rings is 1. The van der Waals surface area contributed by atoms with Crippen LogP contribution in [0, 0.1) is 36.0 Å². The van der Waals surface area contributed by atoms with Gasteiger partial charge in [0.15, 0.2) is 17.5 Å². The van der Waals surface area contributed by atoms with Gasteiger partial charge in [-0.25, -0.2) is 4.98 Å². The summed E-state index contributed by atoms with van der Waals surface area (Å²) in [4.78, 5) is 23.1. The molecule has 11 nitrogen and oxygen atoms in total. The summed E-state index contributed by atoms with van der Waals surface area (Å²) in [6, 6.07) is 28.2. The smallest absolute Gasteiger partial charge is 0.195 e. The number of carbonyl (C=O) groups is 1. The Morgan fingerprint density at radius 1 is 0.940 bits per heavy atom. The number of phenolic OH excluding ortho intramolecular Hbond substituents is 2. The van der Waals surface area contributed by atoms with Gasteiger partial charge in [0.25, 0.3) is 0 Å². The number of aryl methyl sites for hydroxylation is 1. The highest BCUT2D eigenvalue weighted by Crippen LogP contribution is 2.56. The number of aromatic nitrogens is 4. The van der Waals surface area contributed by atoms with Crippen LogP contribution in [0.25, 0.3) is 20.5 Å². The minimum atomic E-state index is -0.106. The zero-order chi connectivity index (χ0) is 45.8. The number of allylic oxidation sites excluding steroid dienone is 1. The van der Waals surface area contributed by atoms with Crippen LogP contribution in [0.5, 0.6) is 17.2 Å². The van der Waals surface area contributed by atoms with Crippen molar-refractivity contribution in [3.8, 4) is 39.5 Å². The van der Waals surface area contributed by atoms with E-state index >= 15 is 0 Å². The number of rotatable bonds is 10. The van der Waals surface area contributed by atoms with E-state index in [1.807, 2.05) is 55.1 Å². The normalized spacial score (nSPS) is 21.4. The summed E-state index contributed by atoms with van der Waals surface area (Å²) in [6.45, 7) is 10.1. The van der Waals surface area contributed by atoms with E-state index in [1.165, 1.54) is 53.1 Å². The predicted octanol–water partition coefficient (Wildman–Crippen LogP) is 10.8. The maximum atomic E-state index is 14.0. The molecule has 1 saturated heterocycles. The number of hydrogen-bond acceptors (Lipinski definition) is 12. The predicted molar refractivity (Wildman–Crippen MR) is 262 cm³/mol. The average molecular weight is 929 g/mol. The van der Waals surface area contributed by atoms with E-state index < -0.39 is 0 Å². The lowest BCUT2D eigenvalue weighted by Gasteiger charge is -2.51. The fraction of sp³-hybridized carbons (Fsp3) is 0.333. The van der Waals surface area contributed by atoms with Crippen molar-refractivity contribution in [1.29, 1.82) is 0 Å². The van der Waals surface area contributed by atoms with Crippen LogP contribution in [0.4, 0.5) is 0 Å². The second-order valence-electron chi connectivity index (χ2n) is 18.6. The van der Waals surface area contributed by atoms with Crippen molar-refractivity contribution < 1.29 is 24.2 Å². The van der Waals surface area contributed by atoms with Crippen LogP contribution in [0.15, 0.2) is 118 Å². The summed E-state index contributed by atoms with van der Waals surface area (Å²) in [6.07, 6.45) is 8.62. The van der Waals surface area contributed by atoms with Crippen LogP contribution in [-0.4, -0.2) is 66.9 Å². The molecule has 67 heavy (non-hydrogen) atoms. The maximum Gasteiger partial charge on any atom is 0.195 e. The summed E-state index contributed by atoms with van der Waals surface area (Å²) in [5.74, 6) is 11.3. The summed E-state index contributed by atoms with van der Waals surface area (Å²) < 4.78 is 15.0. The number of aromatic hydroxyl groups is 2. The van der Waals surface area contributed by atoms with Gasteiger partial charge in [-0.15, -0.1) is 33.3 Å². The van der Waals surface area contributed by atoms with Gasteiger partial charge in [0.05, 0.1) is 17.6 Å². The van der Waals surface area contributed by atoms with Gasteiger partial charge in [-0.1, -0.05) is 29.5 Å². The number of thioether (sulfide) groups is 1. The first-order chi connectivity index (χ1) is 32.6. The van der Waals surface area contributed by atoms with Gasteiger partial charge in [-0.2, -0.15) is 0 Å². The standard InChI is InChI=1S/C54H52N6O5S2/c1-32-33(2)66-53-47(32)49(56-44(29-46-55-22-26-65-46)52-58-57-34(3)60(52)53)37-8-6-35(7-9-37)4-5-36-30-54(31-36)20-23-59(24-21-54)25-27-64-42-17-12-38(13-18-42)50(63)48-43-19-16-41(62)28-45(43)67-51(48)39-10-14-40(61)15-11-39/h6-19,22,26,28,36,44,47,49,53,56,61-62H,20-21,23-25,27,29-31H2,1-3H3/t44-,47?,49?,53?/m0/s1. The molecule has 1 aliphatic carbocycles. The van der Waals surface area contributed by atoms with Crippen LogP contribution in [0.3, 0.4) is 0 Å². The van der Waals surface area contributed by atoms with Crippen molar-refractivity contribution in [2.45, 2.75) is 70.3 Å². The lowest BCUT2D eigenvalue weighted by Crippen LogP contribution is -2.47. The quantitative estimate of drug-likeness (QED) is 0.0892. The Morgan fingerprint density at radius 2 is 1.70 bits per heavy atom. The number of fused-ring (bicyclic) bond motifs is 4. The van der Waals surface area contributed by atoms with Crippen molar-refractivity contribution in [1.82, 2.24) is 30.0 Å². The van der Waals surface area contributed by atoms with Crippen LogP contribution < -0.4 is 10.1 Å². The lowest BCUT2D eigenvalue weighted by atomic mass is 9.58. The highest BCUT2D eigenvalue weighted by molar-refractivity contribution is 8.03. The number of hydrogen-bond donors (Lipinski definition) is 3. The maximum absolute atomic E-state index is 14.0. The number of carbonyl (C=O) groups excluding carboxylic acids is 1. The van der Waals surface area contributed by atoms with E-state index in [0.717, 1.165) is 63.1 Å². The minimum absolute atomic E-state index is 0.0658. The molecule has 3 unspecified atom stereocenters. The first-order valence-electron chi connectivity index (χ1n) is 23.1. The van der Waals surface area contributed by atoms with Crippen molar-refractivity contribution >= 4 is 39.0 Å². The number of piperidine rings is 1. The van der Waals surface area contributed by atoms with E-state index in [-0.39, 0.29) is 40.7 Å². The monoisotopic (exact) mass is 928 g/mol. The largest absolute Gasteiger partial charge is 0.508 e. The number of oxazole rings is 1. The van der Waals surface area contributed by atoms with Gasteiger partial charge in [0.2, 0.25) is 0 Å². The van der Waals surface area contributed by atoms with Crippen LogP contribution in [-0.2, 0) is 6.42 Å². The zero-order valence-corrected chi connectivity index (χ0v) is 39.4. The summed E-state index contributed by atoms with van der Waals surface area (Å²) >= 11 is 3.37. The van der Waals surface area contributed by atoms with E-state index in [1.54, 1.807) is 42.8 Å². The molecule has 340 valence electrons. The summed E-state index contributed by atoms with van der Waals surface area (Å²) in [5, 5.41) is 34.1. The molecule has 4 aliphatic rings. The van der Waals surface area contributed by atoms with Crippen molar-refractivity contribution in [3.63, 3.8) is 0 Å². The summed E-state index contributed by atoms with van der Waals surface area (Å²) in [7, 11) is 0. The van der Waals surface area contributed by atoms with Crippen molar-refractivity contribution in [2.75, 3.05) is 26.2 Å². The third-order valence-electron chi connectivity index (χ3n) is 14.5. The molecule has 2 fully saturated rings. The Labute approximate surface area is 398 Å². The number of nitrogens with zero attached hydrogens (tertiary/aromatic N) is 5. The Balaban J connectivity index is 0.672. The summed E-state index contributed by atoms with van der Waals surface area (Å²) in [5.41, 5.74) is 6.07. The first-order valence-corrected chi connectivity index (χ1v) is 24.8. The van der Waals surface area contributed by atoms with Gasteiger partial charge in [-0.3, -0.25) is 15.0 Å². The Hall–Kier alpha value is -6.17. The number of benzene rings is 4. The van der Waals surface area contributed by atoms with Crippen LogP contribution >= 0.6 is 23.1 Å². The van der Waals surface area contributed by atoms with Gasteiger partial charge < -0.3 is 23.9 Å². The van der Waals surface area contributed by atoms with Gasteiger partial charge in [-0.05, 0) is 160 Å². The molecule has 1 spiro atoms. The molecule has 7 aromatic rings. The Morgan fingerprint density at radius 3 is 2.45 bits per heavy atom. The third-order valence-corrected chi connectivity index (χ3v) is 17.1. The molecule has 3 aromatic heterocycles. The van der Waals surface area contributed by atoms with E-state index in [2.05, 4.69) is 79.9 Å². The molecule has 4 aromatic carbocycles. The number of ketones is 1. The van der Waals surface area contributed by atoms with Gasteiger partial charge in [0, 0.05) is 62.5 Å². The third kappa shape index (κ3) is 8.46. The fourth-order valence-corrected chi connectivity index (χ4v) is 13.5. The number of ether oxygens (including phenoxy) is 1. The molecule has 0 amide bonds. The molecule has 13 heteroatoms. The molecule has 3 N–H and O–H groups in total.